The predicted octanol–water partition coefficient (Wildman–Crippen LogP) is 5.33. The second-order valence-corrected chi connectivity index (χ2v) is 6.37. The van der Waals surface area contributed by atoms with Gasteiger partial charge in [0.05, 0.1) is 5.69 Å². The quantitative estimate of drug-likeness (QED) is 0.629. The van der Waals surface area contributed by atoms with Crippen LogP contribution in [0.25, 0.3) is 11.3 Å². The molecule has 128 valence electrons. The van der Waals surface area contributed by atoms with Gasteiger partial charge in [-0.25, -0.2) is 0 Å². The van der Waals surface area contributed by atoms with Crippen molar-refractivity contribution in [3.63, 3.8) is 0 Å². The second kappa shape index (κ2) is 7.99. The first-order valence-electron chi connectivity index (χ1n) is 8.37. The average Bonchev–Trinajstić information content (AvgIpc) is 3.11. The highest BCUT2D eigenvalue weighted by Gasteiger charge is 2.11. The van der Waals surface area contributed by atoms with Gasteiger partial charge >= 0.3 is 0 Å². The molecule has 0 saturated carbocycles. The first-order chi connectivity index (χ1) is 12.2. The third kappa shape index (κ3) is 4.48. The van der Waals surface area contributed by atoms with Gasteiger partial charge in [-0.15, -0.1) is 0 Å². The van der Waals surface area contributed by atoms with Crippen LogP contribution in [-0.4, -0.2) is 16.1 Å². The topological polar surface area (TPSA) is 57.8 Å². The highest BCUT2D eigenvalue weighted by atomic mass is 35.5. The van der Waals surface area contributed by atoms with Crippen molar-refractivity contribution in [2.24, 2.45) is 0 Å². The Balaban J connectivity index is 1.67. The maximum atomic E-state index is 12.4. The maximum Gasteiger partial charge on any atom is 0.273 e. The summed E-state index contributed by atoms with van der Waals surface area (Å²) in [4.78, 5) is 12.4. The van der Waals surface area contributed by atoms with Crippen molar-refractivity contribution >= 4 is 23.2 Å². The lowest BCUT2D eigenvalue weighted by atomic mass is 10.1. The minimum Gasteiger partial charge on any atom is -0.321 e. The molecule has 0 aliphatic heterocycles. The fourth-order valence-electron chi connectivity index (χ4n) is 2.57. The molecule has 3 aromatic rings. The maximum absolute atomic E-state index is 12.4. The molecule has 2 N–H and O–H groups in total. The van der Waals surface area contributed by atoms with Crippen LogP contribution in [0.2, 0.25) is 5.02 Å². The van der Waals surface area contributed by atoms with E-state index in [1.54, 1.807) is 12.1 Å². The summed E-state index contributed by atoms with van der Waals surface area (Å²) >= 11 is 6.00. The number of carbonyl (C=O) groups is 1. The fraction of sp³-hybridized carbons (Fsp3) is 0.200. The minimum absolute atomic E-state index is 0.220. The van der Waals surface area contributed by atoms with Crippen LogP contribution in [0.4, 0.5) is 5.69 Å². The molecule has 2 aromatic carbocycles. The van der Waals surface area contributed by atoms with Crippen LogP contribution in [0.1, 0.15) is 35.8 Å². The van der Waals surface area contributed by atoms with E-state index in [2.05, 4.69) is 34.6 Å². The van der Waals surface area contributed by atoms with Gasteiger partial charge in [0, 0.05) is 16.3 Å². The van der Waals surface area contributed by atoms with E-state index < -0.39 is 0 Å². The second-order valence-electron chi connectivity index (χ2n) is 5.93. The molecule has 1 amide bonds. The molecule has 0 fully saturated rings. The van der Waals surface area contributed by atoms with Crippen molar-refractivity contribution < 1.29 is 4.79 Å². The summed E-state index contributed by atoms with van der Waals surface area (Å²) in [5.41, 5.74) is 4.00. The molecule has 0 aliphatic rings. The Bertz CT molecular complexity index is 855. The smallest absolute Gasteiger partial charge is 0.273 e. The van der Waals surface area contributed by atoms with Gasteiger partial charge in [0.2, 0.25) is 0 Å². The van der Waals surface area contributed by atoms with Crippen molar-refractivity contribution in [2.75, 3.05) is 5.32 Å². The lowest BCUT2D eigenvalue weighted by Gasteiger charge is -2.05. The zero-order valence-electron chi connectivity index (χ0n) is 14.1. The highest BCUT2D eigenvalue weighted by molar-refractivity contribution is 6.30. The number of benzene rings is 2. The van der Waals surface area contributed by atoms with Crippen LogP contribution < -0.4 is 5.32 Å². The van der Waals surface area contributed by atoms with E-state index in [1.807, 2.05) is 30.3 Å². The van der Waals surface area contributed by atoms with Gasteiger partial charge in [-0.3, -0.25) is 9.89 Å². The molecule has 0 atom stereocenters. The SMILES string of the molecule is CCCCc1ccc(NC(=O)c2cc(-c3cccc(Cl)c3)n[nH]2)cc1. The number of aromatic nitrogens is 2. The average molecular weight is 354 g/mol. The molecule has 0 radical (unpaired) electrons. The molecule has 5 heteroatoms. The number of aromatic amines is 1. The van der Waals surface area contributed by atoms with E-state index in [9.17, 15) is 4.79 Å². The molecule has 0 spiro atoms. The molecule has 1 aromatic heterocycles. The standard InChI is InChI=1S/C20H20ClN3O/c1-2-3-5-14-8-10-17(11-9-14)22-20(25)19-13-18(23-24-19)15-6-4-7-16(21)12-15/h4,6-13H,2-3,5H2,1H3,(H,22,25)(H,23,24). The minimum atomic E-state index is -0.220. The molecule has 0 saturated heterocycles. The third-order valence-electron chi connectivity index (χ3n) is 3.97. The van der Waals surface area contributed by atoms with Gasteiger partial charge < -0.3 is 5.32 Å². The number of halogens is 1. The summed E-state index contributed by atoms with van der Waals surface area (Å²) in [5, 5.41) is 10.5. The highest BCUT2D eigenvalue weighted by Crippen LogP contribution is 2.22. The third-order valence-corrected chi connectivity index (χ3v) is 4.21. The van der Waals surface area contributed by atoms with Crippen LogP contribution >= 0.6 is 11.6 Å². The summed E-state index contributed by atoms with van der Waals surface area (Å²) in [6, 6.07) is 17.0. The van der Waals surface area contributed by atoms with E-state index in [1.165, 1.54) is 18.4 Å². The Kier molecular flexibility index (Phi) is 5.51. The van der Waals surface area contributed by atoms with Crippen LogP contribution in [0.15, 0.2) is 54.6 Å². The normalized spacial score (nSPS) is 10.6. The molecule has 0 unspecified atom stereocenters. The summed E-state index contributed by atoms with van der Waals surface area (Å²) in [6.07, 6.45) is 3.41. The number of H-pyrrole nitrogens is 1. The number of nitrogens with zero attached hydrogens (tertiary/aromatic N) is 1. The molecule has 0 aliphatic carbocycles. The van der Waals surface area contributed by atoms with Gasteiger partial charge in [0.15, 0.2) is 0 Å². The lowest BCUT2D eigenvalue weighted by Crippen LogP contribution is -2.12. The molecular weight excluding hydrogens is 334 g/mol. The van der Waals surface area contributed by atoms with Gasteiger partial charge in [-0.2, -0.15) is 5.10 Å². The summed E-state index contributed by atoms with van der Waals surface area (Å²) in [7, 11) is 0. The largest absolute Gasteiger partial charge is 0.321 e. The molecular formula is C20H20ClN3O. The van der Waals surface area contributed by atoms with E-state index >= 15 is 0 Å². The van der Waals surface area contributed by atoms with Crippen molar-refractivity contribution in [1.82, 2.24) is 10.2 Å². The molecule has 1 heterocycles. The number of anilines is 1. The molecule has 0 bridgehead atoms. The Morgan fingerprint density at radius 1 is 1.16 bits per heavy atom. The molecule has 25 heavy (non-hydrogen) atoms. The number of hydrogen-bond acceptors (Lipinski definition) is 2. The number of unbranched alkanes of at least 4 members (excludes halogenated alkanes) is 1. The number of amides is 1. The van der Waals surface area contributed by atoms with Gasteiger partial charge in [-0.05, 0) is 48.7 Å². The van der Waals surface area contributed by atoms with Crippen LogP contribution in [-0.2, 0) is 6.42 Å². The number of hydrogen-bond donors (Lipinski definition) is 2. The molecule has 4 nitrogen and oxygen atoms in total. The van der Waals surface area contributed by atoms with Crippen LogP contribution in [0.3, 0.4) is 0 Å². The van der Waals surface area contributed by atoms with E-state index in [4.69, 9.17) is 11.6 Å². The number of nitrogens with one attached hydrogen (secondary N) is 2. The fourth-order valence-corrected chi connectivity index (χ4v) is 2.76. The van der Waals surface area contributed by atoms with Gasteiger partial charge in [0.25, 0.3) is 5.91 Å². The Labute approximate surface area is 152 Å². The van der Waals surface area contributed by atoms with Crippen molar-refractivity contribution in [2.45, 2.75) is 26.2 Å². The van der Waals surface area contributed by atoms with Crippen LogP contribution in [0.5, 0.6) is 0 Å². The first-order valence-corrected chi connectivity index (χ1v) is 8.75. The van der Waals surface area contributed by atoms with Crippen LogP contribution in [0, 0.1) is 0 Å². The van der Waals surface area contributed by atoms with E-state index in [-0.39, 0.29) is 5.91 Å². The van der Waals surface area contributed by atoms with Crippen molar-refractivity contribution in [3.8, 4) is 11.3 Å². The summed E-state index contributed by atoms with van der Waals surface area (Å²) in [6.45, 7) is 2.18. The van der Waals surface area contributed by atoms with E-state index in [0.29, 0.717) is 16.4 Å². The zero-order valence-corrected chi connectivity index (χ0v) is 14.8. The van der Waals surface area contributed by atoms with Gasteiger partial charge in [0.1, 0.15) is 5.69 Å². The lowest BCUT2D eigenvalue weighted by molar-refractivity contribution is 0.102. The van der Waals surface area contributed by atoms with Crippen molar-refractivity contribution in [3.05, 3.63) is 70.9 Å². The predicted molar refractivity (Wildman–Crippen MR) is 102 cm³/mol. The summed E-state index contributed by atoms with van der Waals surface area (Å²) in [5.74, 6) is -0.220. The number of rotatable bonds is 6. The zero-order chi connectivity index (χ0) is 17.6. The Hall–Kier alpha value is -2.59. The monoisotopic (exact) mass is 353 g/mol. The number of aryl methyl sites for hydroxylation is 1. The Morgan fingerprint density at radius 3 is 2.68 bits per heavy atom. The Morgan fingerprint density at radius 2 is 1.96 bits per heavy atom. The first kappa shape index (κ1) is 17.2. The summed E-state index contributed by atoms with van der Waals surface area (Å²) < 4.78 is 0. The number of carbonyl (C=O) groups excluding carboxylic acids is 1. The van der Waals surface area contributed by atoms with Gasteiger partial charge in [-0.1, -0.05) is 49.2 Å². The molecule has 3 rings (SSSR count). The van der Waals surface area contributed by atoms with E-state index in [0.717, 1.165) is 17.7 Å². The van der Waals surface area contributed by atoms with Crippen molar-refractivity contribution in [1.29, 1.82) is 0 Å².